The van der Waals surface area contributed by atoms with Crippen LogP contribution in [0.4, 0.5) is 0 Å². The van der Waals surface area contributed by atoms with E-state index in [1.165, 1.54) is 57.1 Å². The van der Waals surface area contributed by atoms with E-state index in [0.717, 1.165) is 35.7 Å². The molecular formula is C38H44O2. The predicted molar refractivity (Wildman–Crippen MR) is 176 cm³/mol. The third-order valence-corrected chi connectivity index (χ3v) is 7.88. The molecule has 1 atom stereocenters. The van der Waals surface area contributed by atoms with E-state index in [1.807, 2.05) is 26.0 Å². The van der Waals surface area contributed by atoms with Gasteiger partial charge in [0, 0.05) is 5.56 Å². The molecular weight excluding hydrogens is 488 g/mol. The fourth-order valence-electron chi connectivity index (χ4n) is 5.34. The molecule has 0 aliphatic carbocycles. The normalized spacial score (nSPS) is 12.4. The average molecular weight is 533 g/mol. The Hall–Kier alpha value is -3.78. The number of methoxy groups -OCH3 is 1. The molecule has 5 rings (SSSR count). The second-order valence-electron chi connectivity index (χ2n) is 10.6. The number of aryl methyl sites for hydroxylation is 1. The van der Waals surface area contributed by atoms with Crippen LogP contribution in [0.1, 0.15) is 70.1 Å². The van der Waals surface area contributed by atoms with Gasteiger partial charge in [-0.25, -0.2) is 0 Å². The van der Waals surface area contributed by atoms with Crippen molar-refractivity contribution in [1.82, 2.24) is 0 Å². The van der Waals surface area contributed by atoms with Gasteiger partial charge in [0.1, 0.15) is 11.5 Å². The molecule has 0 saturated carbocycles. The molecule has 5 aromatic rings. The van der Waals surface area contributed by atoms with Crippen molar-refractivity contribution in [3.63, 3.8) is 0 Å². The van der Waals surface area contributed by atoms with Crippen molar-refractivity contribution >= 4 is 44.5 Å². The lowest BCUT2D eigenvalue weighted by Gasteiger charge is -2.18. The summed E-state index contributed by atoms with van der Waals surface area (Å²) in [7, 11) is 1.73. The summed E-state index contributed by atoms with van der Waals surface area (Å²) in [6.07, 6.45) is 13.2. The molecule has 1 unspecified atom stereocenters. The van der Waals surface area contributed by atoms with Crippen molar-refractivity contribution in [3.05, 3.63) is 95.6 Å². The highest BCUT2D eigenvalue weighted by Gasteiger charge is 2.13. The summed E-state index contributed by atoms with van der Waals surface area (Å²) in [5.74, 6) is 2.40. The molecule has 2 nitrogen and oxygen atoms in total. The summed E-state index contributed by atoms with van der Waals surface area (Å²) in [6.45, 7) is 11.3. The van der Waals surface area contributed by atoms with Gasteiger partial charge in [0.2, 0.25) is 0 Å². The largest absolute Gasteiger partial charge is 0.496 e. The first-order chi connectivity index (χ1) is 19.5. The molecule has 0 amide bonds. The van der Waals surface area contributed by atoms with Gasteiger partial charge in [0.25, 0.3) is 0 Å². The van der Waals surface area contributed by atoms with Gasteiger partial charge < -0.3 is 9.47 Å². The maximum atomic E-state index is 6.43. The molecule has 0 aliphatic heterocycles. The van der Waals surface area contributed by atoms with Gasteiger partial charge in [0.05, 0.1) is 13.7 Å². The number of hydrogen-bond donors (Lipinski definition) is 0. The van der Waals surface area contributed by atoms with Gasteiger partial charge in [-0.3, -0.25) is 0 Å². The van der Waals surface area contributed by atoms with E-state index < -0.39 is 0 Å². The van der Waals surface area contributed by atoms with Gasteiger partial charge in [-0.15, -0.1) is 0 Å². The Kier molecular flexibility index (Phi) is 10.2. The van der Waals surface area contributed by atoms with Crippen molar-refractivity contribution in [2.24, 2.45) is 5.92 Å². The van der Waals surface area contributed by atoms with E-state index in [9.17, 15) is 0 Å². The summed E-state index contributed by atoms with van der Waals surface area (Å²) in [5, 5.41) is 7.83. The molecule has 0 radical (unpaired) electrons. The number of benzene rings is 5. The third-order valence-electron chi connectivity index (χ3n) is 7.88. The van der Waals surface area contributed by atoms with Crippen LogP contribution in [0, 0.1) is 12.8 Å². The molecule has 0 aliphatic rings. The molecule has 2 heteroatoms. The number of allylic oxidation sites excluding steroid dienone is 2. The Labute approximate surface area is 240 Å². The molecule has 0 spiro atoms. The van der Waals surface area contributed by atoms with Gasteiger partial charge in [0.15, 0.2) is 0 Å². The highest BCUT2D eigenvalue weighted by Crippen LogP contribution is 2.37. The van der Waals surface area contributed by atoms with Crippen LogP contribution < -0.4 is 9.47 Å². The second kappa shape index (κ2) is 14.0. The van der Waals surface area contributed by atoms with E-state index in [0.29, 0.717) is 5.92 Å². The summed E-state index contributed by atoms with van der Waals surface area (Å²) >= 11 is 0. The van der Waals surface area contributed by atoms with Crippen LogP contribution in [-0.4, -0.2) is 13.7 Å². The molecule has 0 saturated heterocycles. The smallest absolute Gasteiger partial charge is 0.127 e. The number of unbranched alkanes of at least 4 members (excludes halogenated alkanes) is 1. The standard InChI is InChI=1S/C34H36O2.C4H8/c1-5-7-9-24(6-2)22-36-32-20-23(3)31(35-4)21-29(32)17-13-25-12-14-28-16-15-26-10-8-11-27-18-19-30(25)34(28)33(26)27;1-3-4-2/h8,10-21,24H,5-7,9,22H2,1-4H3;3-4H,1-2H3. The second-order valence-corrected chi connectivity index (χ2v) is 10.6. The van der Waals surface area contributed by atoms with Crippen molar-refractivity contribution in [1.29, 1.82) is 0 Å². The average Bonchev–Trinajstić information content (AvgIpc) is 2.99. The van der Waals surface area contributed by atoms with Crippen LogP contribution in [-0.2, 0) is 0 Å². The fraction of sp³-hybridized carbons (Fsp3) is 0.316. The highest BCUT2D eigenvalue weighted by atomic mass is 16.5. The topological polar surface area (TPSA) is 18.5 Å². The Bertz CT molecular complexity index is 1570. The Morgan fingerprint density at radius 1 is 0.750 bits per heavy atom. The summed E-state index contributed by atoms with van der Waals surface area (Å²) in [4.78, 5) is 0. The van der Waals surface area contributed by atoms with Crippen LogP contribution in [0.25, 0.3) is 44.5 Å². The van der Waals surface area contributed by atoms with E-state index in [1.54, 1.807) is 7.11 Å². The van der Waals surface area contributed by atoms with Gasteiger partial charge in [-0.1, -0.05) is 112 Å². The Morgan fingerprint density at radius 3 is 2.05 bits per heavy atom. The van der Waals surface area contributed by atoms with E-state index in [2.05, 4.69) is 99.7 Å². The van der Waals surface area contributed by atoms with Crippen LogP contribution in [0.2, 0.25) is 0 Å². The zero-order chi connectivity index (χ0) is 28.5. The summed E-state index contributed by atoms with van der Waals surface area (Å²) in [6, 6.07) is 24.2. The zero-order valence-corrected chi connectivity index (χ0v) is 25.1. The fourth-order valence-corrected chi connectivity index (χ4v) is 5.34. The number of ether oxygens (including phenoxy) is 2. The van der Waals surface area contributed by atoms with E-state index >= 15 is 0 Å². The minimum atomic E-state index is 0.585. The number of rotatable bonds is 10. The lowest BCUT2D eigenvalue weighted by molar-refractivity contribution is 0.232. The van der Waals surface area contributed by atoms with Gasteiger partial charge in [-0.05, 0) is 88.7 Å². The minimum absolute atomic E-state index is 0.585. The van der Waals surface area contributed by atoms with Crippen molar-refractivity contribution in [2.75, 3.05) is 13.7 Å². The minimum Gasteiger partial charge on any atom is -0.496 e. The lowest BCUT2D eigenvalue weighted by Crippen LogP contribution is -2.12. The van der Waals surface area contributed by atoms with E-state index in [4.69, 9.17) is 9.47 Å². The van der Waals surface area contributed by atoms with Crippen molar-refractivity contribution < 1.29 is 9.47 Å². The zero-order valence-electron chi connectivity index (χ0n) is 25.1. The third kappa shape index (κ3) is 6.50. The molecule has 0 fully saturated rings. The quantitative estimate of drug-likeness (QED) is 0.101. The molecule has 0 heterocycles. The SMILES string of the molecule is CC=CC.CCCCC(CC)COc1cc(C)c(OC)cc1C=Cc1ccc2ccc3cccc4ccc1c2c34. The monoisotopic (exact) mass is 532 g/mol. The van der Waals surface area contributed by atoms with E-state index in [-0.39, 0.29) is 0 Å². The Morgan fingerprint density at radius 2 is 1.40 bits per heavy atom. The van der Waals surface area contributed by atoms with Gasteiger partial charge >= 0.3 is 0 Å². The lowest BCUT2D eigenvalue weighted by atomic mass is 9.92. The summed E-state index contributed by atoms with van der Waals surface area (Å²) in [5.41, 5.74) is 3.35. The first-order valence-corrected chi connectivity index (χ1v) is 14.8. The maximum Gasteiger partial charge on any atom is 0.127 e. The van der Waals surface area contributed by atoms with Crippen molar-refractivity contribution in [2.45, 2.75) is 60.3 Å². The number of hydrogen-bond acceptors (Lipinski definition) is 2. The van der Waals surface area contributed by atoms with Crippen LogP contribution in [0.15, 0.2) is 78.9 Å². The molecule has 0 bridgehead atoms. The van der Waals surface area contributed by atoms with Crippen LogP contribution >= 0.6 is 0 Å². The van der Waals surface area contributed by atoms with Crippen LogP contribution in [0.5, 0.6) is 11.5 Å². The van der Waals surface area contributed by atoms with Crippen LogP contribution in [0.3, 0.4) is 0 Å². The molecule has 5 aromatic carbocycles. The molecule has 208 valence electrons. The van der Waals surface area contributed by atoms with Gasteiger partial charge in [-0.2, -0.15) is 0 Å². The molecule has 0 N–H and O–H groups in total. The Balaban J connectivity index is 0.000000867. The van der Waals surface area contributed by atoms with Crippen molar-refractivity contribution in [3.8, 4) is 11.5 Å². The maximum absolute atomic E-state index is 6.43. The first kappa shape index (κ1) is 29.2. The highest BCUT2D eigenvalue weighted by molar-refractivity contribution is 6.24. The molecule has 0 aromatic heterocycles. The summed E-state index contributed by atoms with van der Waals surface area (Å²) < 4.78 is 12.1. The molecule has 40 heavy (non-hydrogen) atoms. The predicted octanol–water partition coefficient (Wildman–Crippen LogP) is 11.2. The first-order valence-electron chi connectivity index (χ1n) is 14.8.